The van der Waals surface area contributed by atoms with E-state index in [1.807, 2.05) is 17.5 Å². The van der Waals surface area contributed by atoms with E-state index in [1.54, 1.807) is 11.3 Å². The number of aromatic nitrogens is 1. The minimum Gasteiger partial charge on any atom is -0.363 e. The second kappa shape index (κ2) is 5.76. The number of nitrogens with one attached hydrogen (secondary N) is 1. The quantitative estimate of drug-likeness (QED) is 0.513. The third-order valence-electron chi connectivity index (χ3n) is 2.92. The molecule has 2 aromatic heterocycles. The number of hydrogen-bond acceptors (Lipinski definition) is 5. The molecule has 20 heavy (non-hydrogen) atoms. The Kier molecular flexibility index (Phi) is 4.25. The monoisotopic (exact) mass is 311 g/mol. The predicted octanol–water partition coefficient (Wildman–Crippen LogP) is 4.09. The van der Waals surface area contributed by atoms with Crippen LogP contribution >= 0.6 is 22.9 Å². The normalized spacial score (nSPS) is 11.3. The summed E-state index contributed by atoms with van der Waals surface area (Å²) in [6, 6.07) is 6.80. The highest BCUT2D eigenvalue weighted by molar-refractivity contribution is 7.10. The Bertz CT molecular complexity index is 614. The molecule has 2 heterocycles. The molecule has 0 unspecified atom stereocenters. The Labute approximate surface area is 125 Å². The lowest BCUT2D eigenvalue weighted by Gasteiger charge is -2.23. The number of thiophene rings is 1. The first-order valence-electron chi connectivity index (χ1n) is 5.99. The van der Waals surface area contributed by atoms with Crippen LogP contribution in [0.25, 0.3) is 0 Å². The molecule has 0 aromatic carbocycles. The number of anilines is 1. The molecule has 106 valence electrons. The van der Waals surface area contributed by atoms with Gasteiger partial charge in [-0.2, -0.15) is 0 Å². The van der Waals surface area contributed by atoms with E-state index in [0.29, 0.717) is 6.54 Å². The van der Waals surface area contributed by atoms with E-state index >= 15 is 0 Å². The van der Waals surface area contributed by atoms with Crippen LogP contribution in [0.3, 0.4) is 0 Å². The first-order valence-corrected chi connectivity index (χ1v) is 7.25. The minimum atomic E-state index is -0.468. The summed E-state index contributed by atoms with van der Waals surface area (Å²) in [7, 11) is 0. The van der Waals surface area contributed by atoms with Gasteiger partial charge in [-0.25, -0.2) is 4.98 Å². The van der Waals surface area contributed by atoms with Gasteiger partial charge in [0.15, 0.2) is 0 Å². The Morgan fingerprint density at radius 2 is 2.20 bits per heavy atom. The van der Waals surface area contributed by atoms with Gasteiger partial charge in [0.1, 0.15) is 5.15 Å². The van der Waals surface area contributed by atoms with E-state index in [9.17, 15) is 10.1 Å². The van der Waals surface area contributed by atoms with Crippen LogP contribution in [0.2, 0.25) is 5.15 Å². The summed E-state index contributed by atoms with van der Waals surface area (Å²) in [6.07, 6.45) is 0. The summed E-state index contributed by atoms with van der Waals surface area (Å²) in [5.41, 5.74) is -0.220. The Morgan fingerprint density at radius 3 is 2.80 bits per heavy atom. The minimum absolute atomic E-state index is 0.0728. The largest absolute Gasteiger partial charge is 0.363 e. The van der Waals surface area contributed by atoms with Crippen molar-refractivity contribution in [3.8, 4) is 0 Å². The molecule has 0 radical (unpaired) electrons. The number of pyridine rings is 1. The smallest absolute Gasteiger partial charge is 0.311 e. The van der Waals surface area contributed by atoms with Crippen LogP contribution in [0.4, 0.5) is 11.5 Å². The van der Waals surface area contributed by atoms with Crippen molar-refractivity contribution in [2.24, 2.45) is 0 Å². The Morgan fingerprint density at radius 1 is 1.45 bits per heavy atom. The highest BCUT2D eigenvalue weighted by Crippen LogP contribution is 2.30. The summed E-state index contributed by atoms with van der Waals surface area (Å²) in [6.45, 7) is 4.67. The third-order valence-corrected chi connectivity index (χ3v) is 4.37. The van der Waals surface area contributed by atoms with Crippen LogP contribution in [-0.4, -0.2) is 16.5 Å². The first kappa shape index (κ1) is 14.7. The van der Waals surface area contributed by atoms with Crippen LogP contribution in [0.5, 0.6) is 0 Å². The zero-order chi connectivity index (χ0) is 14.8. The molecule has 0 saturated heterocycles. The number of halogens is 1. The van der Waals surface area contributed by atoms with Crippen molar-refractivity contribution in [1.29, 1.82) is 0 Å². The van der Waals surface area contributed by atoms with Crippen molar-refractivity contribution < 1.29 is 4.92 Å². The molecule has 0 amide bonds. The molecular formula is C13H14ClN3O2S. The molecule has 2 rings (SSSR count). The molecule has 0 saturated carbocycles. The maximum atomic E-state index is 11.0. The lowest BCUT2D eigenvalue weighted by atomic mass is 9.91. The first-order chi connectivity index (χ1) is 9.40. The average molecular weight is 312 g/mol. The molecule has 0 aliphatic carbocycles. The van der Waals surface area contributed by atoms with Gasteiger partial charge in [-0.05, 0) is 17.5 Å². The zero-order valence-corrected chi connectivity index (χ0v) is 12.7. The van der Waals surface area contributed by atoms with Crippen molar-refractivity contribution in [2.75, 3.05) is 11.9 Å². The van der Waals surface area contributed by atoms with Crippen molar-refractivity contribution in [2.45, 2.75) is 19.3 Å². The fourth-order valence-corrected chi connectivity index (χ4v) is 2.76. The summed E-state index contributed by atoms with van der Waals surface area (Å²) in [5.74, 6) is 0.201. The van der Waals surface area contributed by atoms with Gasteiger partial charge < -0.3 is 5.32 Å². The van der Waals surface area contributed by atoms with Crippen LogP contribution < -0.4 is 5.32 Å². The molecule has 0 aliphatic rings. The highest BCUT2D eigenvalue weighted by atomic mass is 35.5. The van der Waals surface area contributed by atoms with E-state index in [1.165, 1.54) is 17.0 Å². The van der Waals surface area contributed by atoms with Gasteiger partial charge in [0.2, 0.25) is 5.82 Å². The van der Waals surface area contributed by atoms with Gasteiger partial charge in [0, 0.05) is 22.9 Å². The topological polar surface area (TPSA) is 68.1 Å². The van der Waals surface area contributed by atoms with Crippen molar-refractivity contribution in [1.82, 2.24) is 4.98 Å². The van der Waals surface area contributed by atoms with Gasteiger partial charge in [-0.15, -0.1) is 11.3 Å². The number of nitro groups is 1. The molecule has 0 fully saturated rings. The van der Waals surface area contributed by atoms with Crippen LogP contribution in [0, 0.1) is 10.1 Å². The summed E-state index contributed by atoms with van der Waals surface area (Å²) >= 11 is 7.46. The standard InChI is InChI=1S/C13H14ClN3O2S/c1-13(2,10-4-3-7-20-10)8-15-12-9(17(18)19)5-6-11(14)16-12/h3-7H,8H2,1-2H3,(H,15,16). The Balaban J connectivity index is 2.19. The number of rotatable bonds is 5. The maximum absolute atomic E-state index is 11.0. The molecule has 7 heteroatoms. The van der Waals surface area contributed by atoms with Crippen LogP contribution in [0.15, 0.2) is 29.6 Å². The van der Waals surface area contributed by atoms with E-state index in [4.69, 9.17) is 11.6 Å². The van der Waals surface area contributed by atoms with E-state index in [-0.39, 0.29) is 22.1 Å². The van der Waals surface area contributed by atoms with Crippen LogP contribution in [-0.2, 0) is 5.41 Å². The summed E-state index contributed by atoms with van der Waals surface area (Å²) < 4.78 is 0. The summed E-state index contributed by atoms with van der Waals surface area (Å²) in [5, 5.41) is 16.2. The molecule has 5 nitrogen and oxygen atoms in total. The fraction of sp³-hybridized carbons (Fsp3) is 0.308. The molecule has 0 aliphatic heterocycles. The van der Waals surface area contributed by atoms with Gasteiger partial charge in [-0.1, -0.05) is 31.5 Å². The molecule has 0 atom stereocenters. The molecule has 2 aromatic rings. The maximum Gasteiger partial charge on any atom is 0.311 e. The summed E-state index contributed by atoms with van der Waals surface area (Å²) in [4.78, 5) is 15.7. The van der Waals surface area contributed by atoms with E-state index < -0.39 is 4.92 Å². The SMILES string of the molecule is CC(C)(CNc1nc(Cl)ccc1[N+](=O)[O-])c1cccs1. The Hall–Kier alpha value is -1.66. The lowest BCUT2D eigenvalue weighted by Crippen LogP contribution is -2.27. The van der Waals surface area contributed by atoms with Crippen molar-refractivity contribution in [3.05, 3.63) is 49.8 Å². The number of nitrogens with zero attached hydrogens (tertiary/aromatic N) is 2. The van der Waals surface area contributed by atoms with E-state index in [2.05, 4.69) is 24.1 Å². The third kappa shape index (κ3) is 3.26. The second-order valence-corrected chi connectivity index (χ2v) is 6.31. The number of hydrogen-bond donors (Lipinski definition) is 1. The van der Waals surface area contributed by atoms with Crippen molar-refractivity contribution >= 4 is 34.4 Å². The predicted molar refractivity (Wildman–Crippen MR) is 81.7 cm³/mol. The average Bonchev–Trinajstić information content (AvgIpc) is 2.90. The van der Waals surface area contributed by atoms with Crippen molar-refractivity contribution in [3.63, 3.8) is 0 Å². The molecule has 0 spiro atoms. The fourth-order valence-electron chi connectivity index (χ4n) is 1.76. The van der Waals surface area contributed by atoms with Gasteiger partial charge >= 0.3 is 5.69 Å². The molecule has 0 bridgehead atoms. The molecule has 1 N–H and O–H groups in total. The second-order valence-electron chi connectivity index (χ2n) is 4.97. The zero-order valence-electron chi connectivity index (χ0n) is 11.1. The van der Waals surface area contributed by atoms with Crippen LogP contribution in [0.1, 0.15) is 18.7 Å². The molecular weight excluding hydrogens is 298 g/mol. The van der Waals surface area contributed by atoms with Gasteiger partial charge in [0.25, 0.3) is 0 Å². The lowest BCUT2D eigenvalue weighted by molar-refractivity contribution is -0.384. The van der Waals surface area contributed by atoms with Gasteiger partial charge in [-0.3, -0.25) is 10.1 Å². The van der Waals surface area contributed by atoms with Gasteiger partial charge in [0.05, 0.1) is 4.92 Å². The highest BCUT2D eigenvalue weighted by Gasteiger charge is 2.24. The van der Waals surface area contributed by atoms with E-state index in [0.717, 1.165) is 0 Å².